The van der Waals surface area contributed by atoms with Crippen molar-refractivity contribution in [3.63, 3.8) is 0 Å². The number of halogens is 1. The Morgan fingerprint density at radius 1 is 1.28 bits per heavy atom. The van der Waals surface area contributed by atoms with Gasteiger partial charge in [-0.15, -0.1) is 11.3 Å². The molecule has 1 atom stereocenters. The molecule has 0 radical (unpaired) electrons. The Morgan fingerprint density at radius 2 is 2.14 bits per heavy atom. The zero-order valence-electron chi connectivity index (χ0n) is 15.5. The van der Waals surface area contributed by atoms with E-state index in [1.54, 1.807) is 29.5 Å². The largest absolute Gasteiger partial charge is 0.420 e. The van der Waals surface area contributed by atoms with Crippen LogP contribution in [0.25, 0.3) is 21.3 Å². The predicted octanol–water partition coefficient (Wildman–Crippen LogP) is 4.26. The lowest BCUT2D eigenvalue weighted by Crippen LogP contribution is -2.41. The third kappa shape index (κ3) is 3.45. The van der Waals surface area contributed by atoms with Gasteiger partial charge in [-0.2, -0.15) is 0 Å². The molecule has 1 fully saturated rings. The van der Waals surface area contributed by atoms with Crippen LogP contribution in [-0.2, 0) is 11.3 Å². The number of aromatic nitrogens is 2. The molecule has 0 N–H and O–H groups in total. The number of para-hydroxylation sites is 1. The van der Waals surface area contributed by atoms with Crippen LogP contribution in [0.5, 0.6) is 0 Å². The molecule has 1 saturated heterocycles. The first-order valence-electron chi connectivity index (χ1n) is 9.50. The normalized spacial score (nSPS) is 17.3. The number of carbonyl (C=O) groups is 1. The van der Waals surface area contributed by atoms with Gasteiger partial charge in [0.25, 0.3) is 0 Å². The molecular weight excluding hydrogens is 410 g/mol. The highest BCUT2D eigenvalue weighted by Crippen LogP contribution is 2.33. The Labute approximate surface area is 175 Å². The molecule has 0 aliphatic carbocycles. The summed E-state index contributed by atoms with van der Waals surface area (Å²) in [5.41, 5.74) is 1.97. The molecule has 1 aliphatic heterocycles. The minimum Gasteiger partial charge on any atom is -0.408 e. The molecular formula is C21H18ClN3O3S. The average molecular weight is 428 g/mol. The summed E-state index contributed by atoms with van der Waals surface area (Å²) in [5.74, 6) is -0.410. The summed E-state index contributed by atoms with van der Waals surface area (Å²) in [6, 6.07) is 13.1. The molecule has 148 valence electrons. The molecule has 2 aromatic carbocycles. The van der Waals surface area contributed by atoms with Crippen LogP contribution in [0, 0.1) is 0 Å². The van der Waals surface area contributed by atoms with Gasteiger partial charge in [0.2, 0.25) is 5.91 Å². The highest BCUT2D eigenvalue weighted by atomic mass is 35.5. The first kappa shape index (κ1) is 18.4. The van der Waals surface area contributed by atoms with E-state index in [4.69, 9.17) is 21.0 Å². The second-order valence-corrected chi connectivity index (χ2v) is 8.76. The lowest BCUT2D eigenvalue weighted by molar-refractivity contribution is -0.133. The Balaban J connectivity index is 1.36. The van der Waals surface area contributed by atoms with Crippen molar-refractivity contribution in [3.8, 4) is 0 Å². The summed E-state index contributed by atoms with van der Waals surface area (Å²) < 4.78 is 7.77. The maximum absolute atomic E-state index is 13.0. The Kier molecular flexibility index (Phi) is 4.64. The van der Waals surface area contributed by atoms with Crippen molar-refractivity contribution < 1.29 is 9.21 Å². The van der Waals surface area contributed by atoms with Crippen molar-refractivity contribution in [2.75, 3.05) is 13.1 Å². The van der Waals surface area contributed by atoms with Crippen LogP contribution in [0.2, 0.25) is 5.02 Å². The van der Waals surface area contributed by atoms with E-state index in [1.807, 2.05) is 23.1 Å². The first-order chi connectivity index (χ1) is 14.1. The molecule has 4 aromatic rings. The lowest BCUT2D eigenvalue weighted by atomic mass is 9.98. The van der Waals surface area contributed by atoms with Gasteiger partial charge < -0.3 is 9.32 Å². The summed E-state index contributed by atoms with van der Waals surface area (Å²) in [6.07, 6.45) is 1.93. The zero-order chi connectivity index (χ0) is 20.0. The fraction of sp³-hybridized carbons (Fsp3) is 0.286. The molecule has 0 spiro atoms. The van der Waals surface area contributed by atoms with Gasteiger partial charge >= 0.3 is 5.76 Å². The molecule has 1 aliphatic rings. The zero-order valence-corrected chi connectivity index (χ0v) is 17.1. The van der Waals surface area contributed by atoms with Crippen LogP contribution < -0.4 is 5.76 Å². The molecule has 0 bridgehead atoms. The molecule has 5 rings (SSSR count). The Morgan fingerprint density at radius 3 is 3.00 bits per heavy atom. The van der Waals surface area contributed by atoms with Crippen molar-refractivity contribution >= 4 is 50.2 Å². The van der Waals surface area contributed by atoms with Crippen LogP contribution in [0.15, 0.2) is 51.7 Å². The van der Waals surface area contributed by atoms with Gasteiger partial charge in [-0.3, -0.25) is 9.36 Å². The second kappa shape index (κ2) is 7.31. The molecule has 3 heterocycles. The number of fused-ring (bicyclic) bond motifs is 2. The van der Waals surface area contributed by atoms with Gasteiger partial charge in [-0.1, -0.05) is 23.7 Å². The summed E-state index contributed by atoms with van der Waals surface area (Å²) in [6.45, 7) is 1.27. The van der Waals surface area contributed by atoms with E-state index >= 15 is 0 Å². The number of hydrogen-bond donors (Lipinski definition) is 0. The molecule has 29 heavy (non-hydrogen) atoms. The molecule has 0 saturated carbocycles. The van der Waals surface area contributed by atoms with E-state index in [0.717, 1.165) is 23.4 Å². The van der Waals surface area contributed by atoms with Crippen molar-refractivity contribution in [3.05, 3.63) is 63.0 Å². The quantitative estimate of drug-likeness (QED) is 0.489. The highest BCUT2D eigenvalue weighted by Gasteiger charge is 2.27. The topological polar surface area (TPSA) is 68.3 Å². The monoisotopic (exact) mass is 427 g/mol. The van der Waals surface area contributed by atoms with Crippen molar-refractivity contribution in [1.82, 2.24) is 14.5 Å². The number of thiazole rings is 1. The molecule has 1 amide bonds. The summed E-state index contributed by atoms with van der Waals surface area (Å²) in [4.78, 5) is 31.8. The predicted molar refractivity (Wildman–Crippen MR) is 114 cm³/mol. The van der Waals surface area contributed by atoms with E-state index in [2.05, 4.69) is 6.07 Å². The SMILES string of the molecule is O=C(Cn1c(=O)oc2cc(Cl)ccc21)N1CCC[C@H](c2nc3ccccc3s2)C1. The number of oxazole rings is 1. The maximum atomic E-state index is 13.0. The van der Waals surface area contributed by atoms with E-state index in [1.165, 1.54) is 9.27 Å². The van der Waals surface area contributed by atoms with Gasteiger partial charge in [0.1, 0.15) is 6.54 Å². The second-order valence-electron chi connectivity index (χ2n) is 7.26. The molecule has 8 heteroatoms. The Bertz CT molecular complexity index is 1240. The van der Waals surface area contributed by atoms with E-state index in [9.17, 15) is 9.59 Å². The number of benzene rings is 2. The van der Waals surface area contributed by atoms with Crippen LogP contribution in [0.3, 0.4) is 0 Å². The van der Waals surface area contributed by atoms with Gasteiger partial charge in [-0.25, -0.2) is 9.78 Å². The van der Waals surface area contributed by atoms with Crippen LogP contribution in [0.1, 0.15) is 23.8 Å². The fourth-order valence-electron chi connectivity index (χ4n) is 3.90. The molecule has 6 nitrogen and oxygen atoms in total. The van der Waals surface area contributed by atoms with Crippen LogP contribution in [-0.4, -0.2) is 33.4 Å². The highest BCUT2D eigenvalue weighted by molar-refractivity contribution is 7.18. The standard InChI is InChI=1S/C21H18ClN3O3S/c22-14-7-8-16-17(10-14)28-21(27)25(16)12-19(26)24-9-3-4-13(11-24)20-23-15-5-1-2-6-18(15)29-20/h1-2,5-8,10,13H,3-4,9,11-12H2/t13-/m0/s1. The van der Waals surface area contributed by atoms with Crippen LogP contribution in [0.4, 0.5) is 0 Å². The number of carbonyl (C=O) groups excluding carboxylic acids is 1. The smallest absolute Gasteiger partial charge is 0.408 e. The third-order valence-electron chi connectivity index (χ3n) is 5.36. The molecule has 0 unspecified atom stereocenters. The maximum Gasteiger partial charge on any atom is 0.420 e. The fourth-order valence-corrected chi connectivity index (χ4v) is 5.15. The first-order valence-corrected chi connectivity index (χ1v) is 10.7. The minimum atomic E-state index is -0.546. The Hall–Kier alpha value is -2.64. The molecule has 2 aromatic heterocycles. The number of hydrogen-bond acceptors (Lipinski definition) is 5. The van der Waals surface area contributed by atoms with Gasteiger partial charge in [-0.05, 0) is 37.1 Å². The van der Waals surface area contributed by atoms with Crippen LogP contribution >= 0.6 is 22.9 Å². The third-order valence-corrected chi connectivity index (χ3v) is 6.79. The van der Waals surface area contributed by atoms with Gasteiger partial charge in [0, 0.05) is 30.1 Å². The van der Waals surface area contributed by atoms with E-state index < -0.39 is 5.76 Å². The van der Waals surface area contributed by atoms with Crippen molar-refractivity contribution in [1.29, 1.82) is 0 Å². The van der Waals surface area contributed by atoms with E-state index in [-0.39, 0.29) is 18.4 Å². The number of piperidine rings is 1. The number of rotatable bonds is 3. The summed E-state index contributed by atoms with van der Waals surface area (Å²) in [7, 11) is 0. The lowest BCUT2D eigenvalue weighted by Gasteiger charge is -2.31. The van der Waals surface area contributed by atoms with Crippen molar-refractivity contribution in [2.24, 2.45) is 0 Å². The van der Waals surface area contributed by atoms with Gasteiger partial charge in [0.15, 0.2) is 5.58 Å². The minimum absolute atomic E-state index is 0.0416. The average Bonchev–Trinajstić information content (AvgIpc) is 3.29. The summed E-state index contributed by atoms with van der Waals surface area (Å²) in [5, 5.41) is 1.56. The number of nitrogens with zero attached hydrogens (tertiary/aromatic N) is 3. The van der Waals surface area contributed by atoms with Gasteiger partial charge in [0.05, 0.1) is 20.7 Å². The van der Waals surface area contributed by atoms with E-state index in [0.29, 0.717) is 29.2 Å². The number of likely N-dealkylation sites (tertiary alicyclic amines) is 1. The van der Waals surface area contributed by atoms with Crippen molar-refractivity contribution in [2.45, 2.75) is 25.3 Å². The summed E-state index contributed by atoms with van der Waals surface area (Å²) >= 11 is 7.66. The number of amides is 1.